The SMILES string of the molecule is COc1ccc(C(SCc2ccccc2)SCc2ccccc2)c(OC)c1. The van der Waals surface area contributed by atoms with Gasteiger partial charge < -0.3 is 9.47 Å². The maximum Gasteiger partial charge on any atom is 0.127 e. The summed E-state index contributed by atoms with van der Waals surface area (Å²) in [4.78, 5) is 0. The quantitative estimate of drug-likeness (QED) is 0.381. The van der Waals surface area contributed by atoms with Crippen molar-refractivity contribution in [1.82, 2.24) is 0 Å². The Morgan fingerprint density at radius 1 is 0.704 bits per heavy atom. The molecular weight excluding hydrogens is 372 g/mol. The van der Waals surface area contributed by atoms with Gasteiger partial charge in [-0.05, 0) is 23.3 Å². The van der Waals surface area contributed by atoms with Crippen LogP contribution < -0.4 is 9.47 Å². The van der Waals surface area contributed by atoms with Gasteiger partial charge in [0.05, 0.1) is 18.8 Å². The molecule has 0 aliphatic rings. The standard InChI is InChI=1S/C23H24O2S2/c1-24-20-13-14-21(22(15-20)25-2)23(26-16-18-9-5-3-6-10-18)27-17-19-11-7-4-8-12-19/h3-15,23H,16-17H2,1-2H3. The molecular formula is C23H24O2S2. The molecule has 0 saturated carbocycles. The maximum absolute atomic E-state index is 5.67. The number of rotatable bonds is 9. The zero-order chi connectivity index (χ0) is 18.9. The minimum atomic E-state index is 0.270. The fourth-order valence-electron chi connectivity index (χ4n) is 2.73. The van der Waals surface area contributed by atoms with Crippen LogP contribution in [-0.4, -0.2) is 14.2 Å². The van der Waals surface area contributed by atoms with Crippen LogP contribution in [0.25, 0.3) is 0 Å². The Bertz CT molecular complexity index is 779. The van der Waals surface area contributed by atoms with E-state index >= 15 is 0 Å². The minimum Gasteiger partial charge on any atom is -0.497 e. The highest BCUT2D eigenvalue weighted by Gasteiger charge is 2.18. The lowest BCUT2D eigenvalue weighted by atomic mass is 10.2. The Morgan fingerprint density at radius 2 is 1.26 bits per heavy atom. The zero-order valence-corrected chi connectivity index (χ0v) is 17.3. The summed E-state index contributed by atoms with van der Waals surface area (Å²) in [6.07, 6.45) is 0. The topological polar surface area (TPSA) is 18.5 Å². The Kier molecular flexibility index (Phi) is 7.55. The third-order valence-electron chi connectivity index (χ3n) is 4.18. The Morgan fingerprint density at radius 3 is 1.74 bits per heavy atom. The lowest BCUT2D eigenvalue weighted by Gasteiger charge is -2.20. The number of thioether (sulfide) groups is 2. The summed E-state index contributed by atoms with van der Waals surface area (Å²) in [5, 5.41) is 0. The number of ether oxygens (including phenoxy) is 2. The van der Waals surface area contributed by atoms with Crippen molar-refractivity contribution in [3.05, 3.63) is 95.6 Å². The van der Waals surface area contributed by atoms with Gasteiger partial charge in [0.15, 0.2) is 0 Å². The molecule has 3 aromatic rings. The molecule has 4 heteroatoms. The second-order valence-corrected chi connectivity index (χ2v) is 8.52. The van der Waals surface area contributed by atoms with Gasteiger partial charge in [-0.2, -0.15) is 0 Å². The minimum absolute atomic E-state index is 0.270. The van der Waals surface area contributed by atoms with E-state index in [-0.39, 0.29) is 4.58 Å². The van der Waals surface area contributed by atoms with Crippen molar-refractivity contribution >= 4 is 23.5 Å². The molecule has 0 fully saturated rings. The summed E-state index contributed by atoms with van der Waals surface area (Å²) in [7, 11) is 3.40. The van der Waals surface area contributed by atoms with E-state index in [0.29, 0.717) is 0 Å². The molecule has 0 aromatic heterocycles. The van der Waals surface area contributed by atoms with Crippen LogP contribution in [-0.2, 0) is 11.5 Å². The number of methoxy groups -OCH3 is 2. The molecule has 140 valence electrons. The first-order valence-electron chi connectivity index (χ1n) is 8.83. The Balaban J connectivity index is 1.80. The molecule has 0 atom stereocenters. The van der Waals surface area contributed by atoms with Gasteiger partial charge in [-0.3, -0.25) is 0 Å². The van der Waals surface area contributed by atoms with Crippen LogP contribution in [0.3, 0.4) is 0 Å². The molecule has 0 aliphatic heterocycles. The zero-order valence-electron chi connectivity index (χ0n) is 15.6. The van der Waals surface area contributed by atoms with Crippen LogP contribution in [0, 0.1) is 0 Å². The van der Waals surface area contributed by atoms with Crippen LogP contribution in [0.1, 0.15) is 21.3 Å². The van der Waals surface area contributed by atoms with E-state index in [1.807, 2.05) is 35.7 Å². The van der Waals surface area contributed by atoms with Crippen LogP contribution in [0.4, 0.5) is 0 Å². The van der Waals surface area contributed by atoms with Gasteiger partial charge in [-0.15, -0.1) is 23.5 Å². The van der Waals surface area contributed by atoms with E-state index in [4.69, 9.17) is 9.47 Å². The summed E-state index contributed by atoms with van der Waals surface area (Å²) < 4.78 is 11.3. The molecule has 2 nitrogen and oxygen atoms in total. The fourth-order valence-corrected chi connectivity index (χ4v) is 5.35. The van der Waals surface area contributed by atoms with Gasteiger partial charge in [0.25, 0.3) is 0 Å². The van der Waals surface area contributed by atoms with Gasteiger partial charge in [-0.25, -0.2) is 0 Å². The largest absolute Gasteiger partial charge is 0.497 e. The highest BCUT2D eigenvalue weighted by Crippen LogP contribution is 2.46. The van der Waals surface area contributed by atoms with Crippen molar-refractivity contribution in [1.29, 1.82) is 0 Å². The summed E-state index contributed by atoms with van der Waals surface area (Å²) in [6.45, 7) is 0. The summed E-state index contributed by atoms with van der Waals surface area (Å²) >= 11 is 3.86. The van der Waals surface area contributed by atoms with E-state index in [1.165, 1.54) is 16.7 Å². The third-order valence-corrected chi connectivity index (χ3v) is 7.11. The van der Waals surface area contributed by atoms with E-state index in [0.717, 1.165) is 23.0 Å². The van der Waals surface area contributed by atoms with Crippen molar-refractivity contribution in [3.63, 3.8) is 0 Å². The molecule has 0 bridgehead atoms. The lowest BCUT2D eigenvalue weighted by Crippen LogP contribution is -1.98. The molecule has 27 heavy (non-hydrogen) atoms. The van der Waals surface area contributed by atoms with E-state index in [2.05, 4.69) is 66.7 Å². The monoisotopic (exact) mass is 396 g/mol. The van der Waals surface area contributed by atoms with Gasteiger partial charge in [0, 0.05) is 23.1 Å². The first-order chi connectivity index (χ1) is 13.3. The van der Waals surface area contributed by atoms with Crippen LogP contribution in [0.5, 0.6) is 11.5 Å². The molecule has 3 aromatic carbocycles. The van der Waals surface area contributed by atoms with Crippen molar-refractivity contribution in [2.24, 2.45) is 0 Å². The molecule has 0 radical (unpaired) electrons. The molecule has 0 unspecified atom stereocenters. The number of hydrogen-bond acceptors (Lipinski definition) is 4. The first kappa shape index (κ1) is 19.7. The number of hydrogen-bond donors (Lipinski definition) is 0. The van der Waals surface area contributed by atoms with Crippen LogP contribution >= 0.6 is 23.5 Å². The van der Waals surface area contributed by atoms with Crippen molar-refractivity contribution in [3.8, 4) is 11.5 Å². The van der Waals surface area contributed by atoms with Gasteiger partial charge >= 0.3 is 0 Å². The Labute approximate surface area is 170 Å². The molecule has 0 spiro atoms. The molecule has 3 rings (SSSR count). The Hall–Kier alpha value is -2.04. The summed E-state index contributed by atoms with van der Waals surface area (Å²) in [5.41, 5.74) is 3.86. The normalized spacial score (nSPS) is 10.8. The molecule has 0 N–H and O–H groups in total. The van der Waals surface area contributed by atoms with Crippen LogP contribution in [0.2, 0.25) is 0 Å². The van der Waals surface area contributed by atoms with Crippen molar-refractivity contribution in [2.45, 2.75) is 16.1 Å². The predicted octanol–water partition coefficient (Wildman–Crippen LogP) is 6.57. The van der Waals surface area contributed by atoms with Crippen molar-refractivity contribution < 1.29 is 9.47 Å². The predicted molar refractivity (Wildman–Crippen MR) is 118 cm³/mol. The second-order valence-electron chi connectivity index (χ2n) is 6.03. The average Bonchev–Trinajstić information content (AvgIpc) is 2.75. The van der Waals surface area contributed by atoms with Gasteiger partial charge in [0.2, 0.25) is 0 Å². The third kappa shape index (κ3) is 5.72. The average molecular weight is 397 g/mol. The van der Waals surface area contributed by atoms with E-state index in [1.54, 1.807) is 14.2 Å². The van der Waals surface area contributed by atoms with E-state index in [9.17, 15) is 0 Å². The molecule has 0 heterocycles. The van der Waals surface area contributed by atoms with E-state index < -0.39 is 0 Å². The highest BCUT2D eigenvalue weighted by molar-refractivity contribution is 8.15. The lowest BCUT2D eigenvalue weighted by molar-refractivity contribution is 0.392. The first-order valence-corrected chi connectivity index (χ1v) is 10.9. The molecule has 0 aliphatic carbocycles. The molecule has 0 saturated heterocycles. The highest BCUT2D eigenvalue weighted by atomic mass is 32.2. The fraction of sp³-hybridized carbons (Fsp3) is 0.217. The smallest absolute Gasteiger partial charge is 0.127 e. The second kappa shape index (κ2) is 10.3. The van der Waals surface area contributed by atoms with Gasteiger partial charge in [0.1, 0.15) is 11.5 Å². The number of benzene rings is 3. The summed E-state index contributed by atoms with van der Waals surface area (Å²) in [6, 6.07) is 27.3. The van der Waals surface area contributed by atoms with Gasteiger partial charge in [-0.1, -0.05) is 60.7 Å². The maximum atomic E-state index is 5.67. The molecule has 0 amide bonds. The van der Waals surface area contributed by atoms with Crippen molar-refractivity contribution in [2.75, 3.05) is 14.2 Å². The van der Waals surface area contributed by atoms with Crippen LogP contribution in [0.15, 0.2) is 78.9 Å². The summed E-state index contributed by atoms with van der Waals surface area (Å²) in [5.74, 6) is 3.61.